The van der Waals surface area contributed by atoms with E-state index in [0.717, 1.165) is 29.8 Å². The summed E-state index contributed by atoms with van der Waals surface area (Å²) >= 11 is 0. The number of aromatic nitrogens is 6. The average molecular weight is 568 g/mol. The molecular formula is C30H33N9O3. The number of hydrogen-bond acceptors (Lipinski definition) is 11. The number of carbonyl (C=O) groups is 1. The molecule has 1 atom stereocenters. The second kappa shape index (κ2) is 13.3. The van der Waals surface area contributed by atoms with E-state index in [-0.39, 0.29) is 12.0 Å². The number of carbonyl (C=O) groups excluding carboxylic acids is 1. The van der Waals surface area contributed by atoms with Gasteiger partial charge in [0.15, 0.2) is 0 Å². The lowest BCUT2D eigenvalue weighted by Crippen LogP contribution is -2.34. The number of nitriles is 1. The van der Waals surface area contributed by atoms with Gasteiger partial charge in [-0.3, -0.25) is 9.78 Å². The predicted octanol–water partition coefficient (Wildman–Crippen LogP) is 3.82. The van der Waals surface area contributed by atoms with Crippen LogP contribution in [0.4, 0.5) is 5.95 Å². The van der Waals surface area contributed by atoms with Crippen LogP contribution in [0.3, 0.4) is 0 Å². The fourth-order valence-corrected chi connectivity index (χ4v) is 4.95. The van der Waals surface area contributed by atoms with Crippen molar-refractivity contribution in [3.8, 4) is 28.7 Å². The maximum absolute atomic E-state index is 11.2. The molecule has 5 rings (SSSR count). The molecule has 3 aromatic heterocycles. The lowest BCUT2D eigenvalue weighted by Gasteiger charge is -2.29. The Labute approximate surface area is 244 Å². The highest BCUT2D eigenvalue weighted by Crippen LogP contribution is 2.28. The Balaban J connectivity index is 1.35. The Bertz CT molecular complexity index is 1570. The summed E-state index contributed by atoms with van der Waals surface area (Å²) in [6.45, 7) is 5.71. The monoisotopic (exact) mass is 567 g/mol. The molecule has 0 bridgehead atoms. The summed E-state index contributed by atoms with van der Waals surface area (Å²) in [5.41, 5.74) is 5.09. The van der Waals surface area contributed by atoms with Crippen LogP contribution in [0.1, 0.15) is 49.6 Å². The predicted molar refractivity (Wildman–Crippen MR) is 155 cm³/mol. The number of rotatable bonds is 10. The molecule has 0 aliphatic carbocycles. The third-order valence-corrected chi connectivity index (χ3v) is 6.89. The number of anilines is 1. The van der Waals surface area contributed by atoms with Crippen LogP contribution in [-0.4, -0.2) is 73.8 Å². The Kier molecular flexibility index (Phi) is 9.11. The van der Waals surface area contributed by atoms with Crippen molar-refractivity contribution in [3.63, 3.8) is 0 Å². The lowest BCUT2D eigenvalue weighted by atomic mass is 9.94. The molecule has 0 unspecified atom stereocenters. The minimum Gasteiger partial charge on any atom is -0.383 e. The van der Waals surface area contributed by atoms with E-state index in [4.69, 9.17) is 24.5 Å². The summed E-state index contributed by atoms with van der Waals surface area (Å²) < 4.78 is 7.00. The van der Waals surface area contributed by atoms with Gasteiger partial charge in [-0.2, -0.15) is 5.26 Å². The summed E-state index contributed by atoms with van der Waals surface area (Å²) in [5, 5.41) is 23.1. The van der Waals surface area contributed by atoms with Gasteiger partial charge in [0, 0.05) is 50.3 Å². The van der Waals surface area contributed by atoms with Crippen LogP contribution in [0, 0.1) is 11.3 Å². The van der Waals surface area contributed by atoms with Gasteiger partial charge in [0.25, 0.3) is 0 Å². The second-order valence-electron chi connectivity index (χ2n) is 10.3. The summed E-state index contributed by atoms with van der Waals surface area (Å²) in [7, 11) is 1.64. The van der Waals surface area contributed by atoms with Crippen LogP contribution in [0.5, 0.6) is 0 Å². The molecule has 1 saturated heterocycles. The fourth-order valence-electron chi connectivity index (χ4n) is 4.95. The molecule has 0 saturated carbocycles. The van der Waals surface area contributed by atoms with Crippen LogP contribution in [0.15, 0.2) is 54.7 Å². The molecule has 4 heterocycles. The van der Waals surface area contributed by atoms with E-state index in [9.17, 15) is 10.1 Å². The molecule has 4 aromatic rings. The van der Waals surface area contributed by atoms with Gasteiger partial charge in [0.05, 0.1) is 48.1 Å². The van der Waals surface area contributed by atoms with Gasteiger partial charge < -0.3 is 14.9 Å². The molecule has 1 fully saturated rings. The van der Waals surface area contributed by atoms with Gasteiger partial charge in [0.2, 0.25) is 5.95 Å². The number of hydroxylamine groups is 2. The number of piperidine rings is 1. The third kappa shape index (κ3) is 7.31. The van der Waals surface area contributed by atoms with Crippen molar-refractivity contribution in [2.24, 2.45) is 0 Å². The zero-order valence-corrected chi connectivity index (χ0v) is 23.9. The van der Waals surface area contributed by atoms with Crippen molar-refractivity contribution in [1.82, 2.24) is 35.0 Å². The van der Waals surface area contributed by atoms with Gasteiger partial charge >= 0.3 is 5.97 Å². The quantitative estimate of drug-likeness (QED) is 0.299. The van der Waals surface area contributed by atoms with Crippen LogP contribution < -0.4 is 5.32 Å². The molecule has 12 nitrogen and oxygen atoms in total. The number of nitrogens with one attached hydrogen (secondary N) is 1. The minimum atomic E-state index is -0.291. The number of methoxy groups -OCH3 is 1. The third-order valence-electron chi connectivity index (χ3n) is 6.89. The normalized spacial score (nSPS) is 14.7. The number of nitrogens with zero attached hydrogens (tertiary/aromatic N) is 8. The maximum Gasteiger partial charge on any atom is 0.322 e. The first-order valence-corrected chi connectivity index (χ1v) is 13.8. The van der Waals surface area contributed by atoms with Crippen LogP contribution in [0.25, 0.3) is 22.6 Å². The molecule has 12 heteroatoms. The van der Waals surface area contributed by atoms with E-state index in [1.165, 1.54) is 6.92 Å². The van der Waals surface area contributed by atoms with E-state index >= 15 is 0 Å². The summed E-state index contributed by atoms with van der Waals surface area (Å²) in [5.74, 6) is 0.437. The highest BCUT2D eigenvalue weighted by atomic mass is 16.7. The van der Waals surface area contributed by atoms with Gasteiger partial charge in [-0.25, -0.2) is 14.6 Å². The first kappa shape index (κ1) is 28.8. The topological polar surface area (TPSA) is 144 Å². The van der Waals surface area contributed by atoms with Gasteiger partial charge in [-0.15, -0.1) is 10.2 Å². The van der Waals surface area contributed by atoms with Gasteiger partial charge in [0.1, 0.15) is 5.69 Å². The zero-order valence-electron chi connectivity index (χ0n) is 23.9. The SMILES string of the molecule is COC[C@@H](C)Nc1nc(-c2cccc(C#N)c2)cc(-c2cn(Cc3cccc(C4CCN(OC(C)=O)CC4)n3)nn2)n1. The molecule has 216 valence electrons. The van der Waals surface area contributed by atoms with E-state index in [2.05, 4.69) is 21.7 Å². The first-order valence-electron chi connectivity index (χ1n) is 13.8. The van der Waals surface area contributed by atoms with Gasteiger partial charge in [-0.05, 0) is 50.1 Å². The van der Waals surface area contributed by atoms with Crippen LogP contribution in [-0.2, 0) is 20.9 Å². The Morgan fingerprint density at radius 3 is 2.64 bits per heavy atom. The van der Waals surface area contributed by atoms with E-state index in [0.29, 0.717) is 60.8 Å². The summed E-state index contributed by atoms with van der Waals surface area (Å²) in [6.07, 6.45) is 3.57. The number of ether oxygens (including phenoxy) is 1. The molecule has 0 radical (unpaired) electrons. The van der Waals surface area contributed by atoms with E-state index in [1.54, 1.807) is 29.0 Å². The van der Waals surface area contributed by atoms with Crippen molar-refractivity contribution in [1.29, 1.82) is 5.26 Å². The summed E-state index contributed by atoms with van der Waals surface area (Å²) in [6, 6.07) is 17.3. The number of pyridine rings is 1. The first-order chi connectivity index (χ1) is 20.4. The average Bonchev–Trinajstić information content (AvgIpc) is 3.46. The Morgan fingerprint density at radius 2 is 1.88 bits per heavy atom. The van der Waals surface area contributed by atoms with Crippen molar-refractivity contribution in [2.45, 2.75) is 45.2 Å². The van der Waals surface area contributed by atoms with Crippen molar-refractivity contribution in [3.05, 3.63) is 71.7 Å². The van der Waals surface area contributed by atoms with Crippen molar-refractivity contribution < 1.29 is 14.4 Å². The fraction of sp³-hybridized carbons (Fsp3) is 0.367. The van der Waals surface area contributed by atoms with Gasteiger partial charge in [-0.1, -0.05) is 23.4 Å². The smallest absolute Gasteiger partial charge is 0.322 e. The zero-order chi connectivity index (χ0) is 29.5. The molecule has 1 aliphatic rings. The molecule has 1 aromatic carbocycles. The highest BCUT2D eigenvalue weighted by molar-refractivity contribution is 5.68. The Morgan fingerprint density at radius 1 is 1.10 bits per heavy atom. The minimum absolute atomic E-state index is 0.0218. The molecule has 1 aliphatic heterocycles. The van der Waals surface area contributed by atoms with Crippen LogP contribution >= 0.6 is 0 Å². The van der Waals surface area contributed by atoms with E-state index < -0.39 is 0 Å². The molecule has 1 N–H and O–H groups in total. The number of hydrogen-bond donors (Lipinski definition) is 1. The summed E-state index contributed by atoms with van der Waals surface area (Å²) in [4.78, 5) is 30.8. The lowest BCUT2D eigenvalue weighted by molar-refractivity contribution is -0.192. The standard InChI is InChI=1S/C30H33N9O3/c1-20(19-41-3)32-30-34-27(24-7-4-6-22(14-24)16-31)15-28(35-30)29-18-38(37-36-29)17-25-8-5-9-26(33-25)23-10-12-39(13-11-23)42-21(2)40/h4-9,14-15,18,20,23H,10-13,17,19H2,1-3H3,(H,32,34,35)/t20-/m1/s1. The number of benzene rings is 1. The molecule has 0 amide bonds. The largest absolute Gasteiger partial charge is 0.383 e. The highest BCUT2D eigenvalue weighted by Gasteiger charge is 2.23. The molecular weight excluding hydrogens is 534 g/mol. The Hall–Kier alpha value is -4.73. The van der Waals surface area contributed by atoms with Crippen molar-refractivity contribution >= 4 is 11.9 Å². The molecule has 42 heavy (non-hydrogen) atoms. The molecule has 0 spiro atoms. The van der Waals surface area contributed by atoms with E-state index in [1.807, 2.05) is 49.5 Å². The maximum atomic E-state index is 11.2. The van der Waals surface area contributed by atoms with Crippen LogP contribution in [0.2, 0.25) is 0 Å². The second-order valence-corrected chi connectivity index (χ2v) is 10.3. The van der Waals surface area contributed by atoms with Crippen molar-refractivity contribution in [2.75, 3.05) is 32.1 Å².